The van der Waals surface area contributed by atoms with E-state index in [1.165, 1.54) is 7.11 Å². The van der Waals surface area contributed by atoms with Crippen LogP contribution in [-0.2, 0) is 11.3 Å². The first-order chi connectivity index (χ1) is 13.3. The Labute approximate surface area is 163 Å². The molecule has 3 rings (SSSR count). The number of carbonyl (C=O) groups is 2. The lowest BCUT2D eigenvalue weighted by atomic mass is 10.1. The fraction of sp³-hybridized carbons (Fsp3) is 0.286. The van der Waals surface area contributed by atoms with Gasteiger partial charge in [0, 0.05) is 23.5 Å². The van der Waals surface area contributed by atoms with Gasteiger partial charge in [0.15, 0.2) is 0 Å². The van der Waals surface area contributed by atoms with Gasteiger partial charge >= 0.3 is 5.97 Å². The Morgan fingerprint density at radius 3 is 2.46 bits per heavy atom. The van der Waals surface area contributed by atoms with Gasteiger partial charge in [-0.1, -0.05) is 18.2 Å². The number of rotatable bonds is 5. The summed E-state index contributed by atoms with van der Waals surface area (Å²) in [6.07, 6.45) is 0. The van der Waals surface area contributed by atoms with Crippen LogP contribution in [0.1, 0.15) is 49.1 Å². The van der Waals surface area contributed by atoms with E-state index in [4.69, 9.17) is 4.74 Å². The minimum atomic E-state index is -0.457. The van der Waals surface area contributed by atoms with Gasteiger partial charge in [-0.25, -0.2) is 9.48 Å². The van der Waals surface area contributed by atoms with Crippen LogP contribution in [0.15, 0.2) is 30.3 Å². The molecule has 0 saturated carbocycles. The zero-order valence-corrected chi connectivity index (χ0v) is 16.7. The van der Waals surface area contributed by atoms with Crippen molar-refractivity contribution < 1.29 is 14.3 Å². The highest BCUT2D eigenvalue weighted by atomic mass is 16.5. The zero-order chi connectivity index (χ0) is 20.4. The van der Waals surface area contributed by atoms with Gasteiger partial charge in [0.05, 0.1) is 24.1 Å². The number of H-pyrrole nitrogens is 1. The molecule has 1 amide bonds. The highest BCUT2D eigenvalue weighted by Crippen LogP contribution is 2.20. The molecule has 0 saturated heterocycles. The molecule has 0 unspecified atom stereocenters. The van der Waals surface area contributed by atoms with Gasteiger partial charge < -0.3 is 15.0 Å². The second kappa shape index (κ2) is 7.72. The molecule has 7 nitrogen and oxygen atoms in total. The summed E-state index contributed by atoms with van der Waals surface area (Å²) in [6.45, 7) is 7.72. The minimum Gasteiger partial charge on any atom is -0.465 e. The molecule has 2 N–H and O–H groups in total. The van der Waals surface area contributed by atoms with Gasteiger partial charge in [-0.05, 0) is 45.4 Å². The van der Waals surface area contributed by atoms with Crippen molar-refractivity contribution in [3.8, 4) is 5.69 Å². The molecule has 0 aliphatic carbocycles. The number of aryl methyl sites for hydroxylation is 2. The Morgan fingerprint density at radius 1 is 1.14 bits per heavy atom. The summed E-state index contributed by atoms with van der Waals surface area (Å²) < 4.78 is 6.67. The monoisotopic (exact) mass is 380 g/mol. The third-order valence-corrected chi connectivity index (χ3v) is 4.92. The van der Waals surface area contributed by atoms with E-state index in [0.29, 0.717) is 29.1 Å². The van der Waals surface area contributed by atoms with Crippen molar-refractivity contribution >= 4 is 11.9 Å². The highest BCUT2D eigenvalue weighted by Gasteiger charge is 2.23. The number of hydrogen-bond acceptors (Lipinski definition) is 4. The van der Waals surface area contributed by atoms with Crippen molar-refractivity contribution in [2.75, 3.05) is 7.11 Å². The van der Waals surface area contributed by atoms with Crippen LogP contribution < -0.4 is 5.32 Å². The Morgan fingerprint density at radius 2 is 1.82 bits per heavy atom. The minimum absolute atomic E-state index is 0.276. The number of para-hydroxylation sites is 1. The van der Waals surface area contributed by atoms with Crippen molar-refractivity contribution in [3.05, 3.63) is 69.8 Å². The van der Waals surface area contributed by atoms with Crippen LogP contribution in [0.5, 0.6) is 0 Å². The molecule has 146 valence electrons. The Hall–Kier alpha value is -3.35. The van der Waals surface area contributed by atoms with Gasteiger partial charge in [0.2, 0.25) is 0 Å². The van der Waals surface area contributed by atoms with E-state index in [9.17, 15) is 9.59 Å². The smallest absolute Gasteiger partial charge is 0.339 e. The number of hydrogen-bond donors (Lipinski definition) is 2. The van der Waals surface area contributed by atoms with E-state index in [1.54, 1.807) is 13.8 Å². The number of amides is 1. The molecule has 0 fully saturated rings. The first kappa shape index (κ1) is 19.4. The second-order valence-electron chi connectivity index (χ2n) is 6.70. The van der Waals surface area contributed by atoms with Gasteiger partial charge in [0.1, 0.15) is 5.69 Å². The molecule has 0 aliphatic heterocycles. The standard InChI is InChI=1S/C21H24N4O3/c1-12-18(21(27)28-5)14(3)23-19(12)20(26)22-11-17-13(2)24-25(15(17)4)16-9-7-6-8-10-16/h6-10,23H,11H2,1-5H3,(H,22,26). The second-order valence-corrected chi connectivity index (χ2v) is 6.70. The molecule has 0 bridgehead atoms. The number of carbonyl (C=O) groups excluding carboxylic acids is 2. The molecule has 7 heteroatoms. The molecule has 0 spiro atoms. The van der Waals surface area contributed by atoms with Crippen LogP contribution in [-0.4, -0.2) is 33.8 Å². The number of nitrogens with one attached hydrogen (secondary N) is 2. The van der Waals surface area contributed by atoms with Crippen LogP contribution in [0.2, 0.25) is 0 Å². The summed E-state index contributed by atoms with van der Waals surface area (Å²) >= 11 is 0. The van der Waals surface area contributed by atoms with Gasteiger partial charge in [-0.2, -0.15) is 5.10 Å². The lowest BCUT2D eigenvalue weighted by molar-refractivity contribution is 0.0599. The maximum absolute atomic E-state index is 12.7. The third-order valence-electron chi connectivity index (χ3n) is 4.92. The maximum atomic E-state index is 12.7. The average molecular weight is 380 g/mol. The van der Waals surface area contributed by atoms with E-state index in [1.807, 2.05) is 48.9 Å². The largest absolute Gasteiger partial charge is 0.465 e. The lowest BCUT2D eigenvalue weighted by Gasteiger charge is -2.07. The van der Waals surface area contributed by atoms with Gasteiger partial charge in [-0.3, -0.25) is 4.79 Å². The summed E-state index contributed by atoms with van der Waals surface area (Å²) in [4.78, 5) is 27.6. The first-order valence-corrected chi connectivity index (χ1v) is 9.01. The highest BCUT2D eigenvalue weighted by molar-refractivity contribution is 6.00. The molecule has 2 aromatic heterocycles. The van der Waals surface area contributed by atoms with E-state index < -0.39 is 5.97 Å². The van der Waals surface area contributed by atoms with Crippen LogP contribution >= 0.6 is 0 Å². The Balaban J connectivity index is 1.81. The number of nitrogens with zero attached hydrogens (tertiary/aromatic N) is 2. The number of ether oxygens (including phenoxy) is 1. The molecule has 3 aromatic rings. The quantitative estimate of drug-likeness (QED) is 0.666. The van der Waals surface area contributed by atoms with Crippen molar-refractivity contribution in [1.82, 2.24) is 20.1 Å². The van der Waals surface area contributed by atoms with Gasteiger partial charge in [-0.15, -0.1) is 0 Å². The number of aromatic nitrogens is 3. The van der Waals surface area contributed by atoms with Crippen LogP contribution in [0.25, 0.3) is 5.69 Å². The molecule has 0 radical (unpaired) electrons. The topological polar surface area (TPSA) is 89.0 Å². The van der Waals surface area contributed by atoms with Crippen molar-refractivity contribution in [3.63, 3.8) is 0 Å². The van der Waals surface area contributed by atoms with Crippen LogP contribution in [0, 0.1) is 27.7 Å². The molecule has 0 aliphatic rings. The summed E-state index contributed by atoms with van der Waals surface area (Å²) in [7, 11) is 1.32. The zero-order valence-electron chi connectivity index (χ0n) is 16.7. The van der Waals surface area contributed by atoms with Crippen LogP contribution in [0.4, 0.5) is 0 Å². The van der Waals surface area contributed by atoms with E-state index in [-0.39, 0.29) is 5.91 Å². The normalized spacial score (nSPS) is 10.8. The van der Waals surface area contributed by atoms with Crippen molar-refractivity contribution in [2.45, 2.75) is 34.2 Å². The van der Waals surface area contributed by atoms with Gasteiger partial charge in [0.25, 0.3) is 5.91 Å². The fourth-order valence-electron chi connectivity index (χ4n) is 3.39. The SMILES string of the molecule is COC(=O)c1c(C)[nH]c(C(=O)NCc2c(C)nn(-c3ccccc3)c2C)c1C. The average Bonchev–Trinajstić information content (AvgIpc) is 3.15. The molecule has 28 heavy (non-hydrogen) atoms. The van der Waals surface area contributed by atoms with Crippen molar-refractivity contribution in [1.29, 1.82) is 0 Å². The molecule has 1 aromatic carbocycles. The summed E-state index contributed by atoms with van der Waals surface area (Å²) in [5.74, 6) is -0.733. The molecular weight excluding hydrogens is 356 g/mol. The lowest BCUT2D eigenvalue weighted by Crippen LogP contribution is -2.24. The predicted octanol–water partition coefficient (Wildman–Crippen LogP) is 3.15. The predicted molar refractivity (Wildman–Crippen MR) is 106 cm³/mol. The molecular formula is C21H24N4O3. The Bertz CT molecular complexity index is 1030. The number of methoxy groups -OCH3 is 1. The summed E-state index contributed by atoms with van der Waals surface area (Å²) in [5, 5.41) is 7.52. The van der Waals surface area contributed by atoms with E-state index in [0.717, 1.165) is 22.6 Å². The number of aromatic amines is 1. The molecule has 0 atom stereocenters. The number of esters is 1. The third kappa shape index (κ3) is 3.43. The first-order valence-electron chi connectivity index (χ1n) is 9.01. The summed E-state index contributed by atoms with van der Waals surface area (Å²) in [5.41, 5.74) is 5.72. The Kier molecular flexibility index (Phi) is 5.35. The number of benzene rings is 1. The van der Waals surface area contributed by atoms with E-state index >= 15 is 0 Å². The fourth-order valence-corrected chi connectivity index (χ4v) is 3.39. The van der Waals surface area contributed by atoms with Crippen molar-refractivity contribution in [2.24, 2.45) is 0 Å². The maximum Gasteiger partial charge on any atom is 0.339 e. The molecule has 2 heterocycles. The summed E-state index contributed by atoms with van der Waals surface area (Å²) in [6, 6.07) is 9.85. The van der Waals surface area contributed by atoms with E-state index in [2.05, 4.69) is 15.4 Å². The van der Waals surface area contributed by atoms with Crippen LogP contribution in [0.3, 0.4) is 0 Å².